The number of rotatable bonds is 9. The first-order valence-corrected chi connectivity index (χ1v) is 5.93. The Labute approximate surface area is 90.1 Å². The van der Waals surface area contributed by atoms with Crippen molar-refractivity contribution in [3.05, 3.63) is 0 Å². The number of hydrogen-bond acceptors (Lipinski definition) is 2. The summed E-state index contributed by atoms with van der Waals surface area (Å²) in [6.07, 6.45) is 4.63. The van der Waals surface area contributed by atoms with E-state index >= 15 is 0 Å². The van der Waals surface area contributed by atoms with Gasteiger partial charge in [0.2, 0.25) is 0 Å². The van der Waals surface area contributed by atoms with Crippen LogP contribution in [0.1, 0.15) is 32.6 Å². The molecule has 0 heterocycles. The Morgan fingerprint density at radius 2 is 1.92 bits per heavy atom. The number of hydrogen-bond donors (Lipinski definition) is 0. The van der Waals surface area contributed by atoms with E-state index in [0.717, 1.165) is 32.7 Å². The third-order valence-corrected chi connectivity index (χ3v) is 2.52. The molecule has 1 atom stereocenters. The Morgan fingerprint density at radius 3 is 2.54 bits per heavy atom. The van der Waals surface area contributed by atoms with Crippen molar-refractivity contribution in [2.75, 3.05) is 26.9 Å². The quantitative estimate of drug-likeness (QED) is 0.464. The molecular weight excluding hydrogens is 232 g/mol. The molecule has 13 heavy (non-hydrogen) atoms. The second kappa shape index (κ2) is 10.5. The maximum absolute atomic E-state index is 5.44. The van der Waals surface area contributed by atoms with Gasteiger partial charge in [0.15, 0.2) is 0 Å². The molecule has 0 saturated carbocycles. The summed E-state index contributed by atoms with van der Waals surface area (Å²) in [7, 11) is 1.73. The van der Waals surface area contributed by atoms with Crippen LogP contribution in [0.4, 0.5) is 0 Å². The summed E-state index contributed by atoms with van der Waals surface area (Å²) in [5, 5.41) is 0. The molecule has 0 spiro atoms. The van der Waals surface area contributed by atoms with E-state index in [-0.39, 0.29) is 0 Å². The van der Waals surface area contributed by atoms with Gasteiger partial charge in [-0.15, -0.1) is 0 Å². The fourth-order valence-electron chi connectivity index (χ4n) is 1.02. The minimum atomic E-state index is 0.479. The van der Waals surface area contributed by atoms with Crippen molar-refractivity contribution in [2.45, 2.75) is 37.4 Å². The summed E-state index contributed by atoms with van der Waals surface area (Å²) in [4.78, 5) is 0.479. The Morgan fingerprint density at radius 1 is 1.23 bits per heavy atom. The lowest BCUT2D eigenvalue weighted by Crippen LogP contribution is -2.08. The van der Waals surface area contributed by atoms with Gasteiger partial charge < -0.3 is 9.47 Å². The van der Waals surface area contributed by atoms with Crippen molar-refractivity contribution in [1.29, 1.82) is 0 Å². The van der Waals surface area contributed by atoms with Crippen LogP contribution in [0.5, 0.6) is 0 Å². The maximum atomic E-state index is 5.44. The minimum absolute atomic E-state index is 0.479. The topological polar surface area (TPSA) is 18.5 Å². The maximum Gasteiger partial charge on any atom is 0.0587 e. The summed E-state index contributed by atoms with van der Waals surface area (Å²) >= 11 is 3.54. The van der Waals surface area contributed by atoms with Gasteiger partial charge in [-0.2, -0.15) is 0 Å². The highest BCUT2D eigenvalue weighted by Gasteiger charge is 2.01. The number of methoxy groups -OCH3 is 1. The van der Waals surface area contributed by atoms with Crippen LogP contribution < -0.4 is 0 Å². The van der Waals surface area contributed by atoms with Crippen LogP contribution in [-0.4, -0.2) is 31.8 Å². The zero-order valence-electron chi connectivity index (χ0n) is 8.72. The zero-order valence-corrected chi connectivity index (χ0v) is 10.3. The normalized spacial score (nSPS) is 13.2. The van der Waals surface area contributed by atoms with Crippen molar-refractivity contribution in [3.63, 3.8) is 0 Å². The fraction of sp³-hybridized carbons (Fsp3) is 1.00. The molecule has 0 bridgehead atoms. The van der Waals surface area contributed by atoms with E-state index in [4.69, 9.17) is 9.47 Å². The lowest BCUT2D eigenvalue weighted by atomic mass is 10.2. The van der Waals surface area contributed by atoms with Crippen LogP contribution in [0.2, 0.25) is 0 Å². The molecule has 80 valence electrons. The number of halogens is 1. The molecule has 0 aliphatic heterocycles. The second-order valence-corrected chi connectivity index (χ2v) is 4.46. The Bertz CT molecular complexity index is 98.9. The molecule has 0 saturated heterocycles. The Hall–Kier alpha value is 0.400. The van der Waals surface area contributed by atoms with Crippen molar-refractivity contribution in [1.82, 2.24) is 0 Å². The van der Waals surface area contributed by atoms with E-state index in [9.17, 15) is 0 Å². The van der Waals surface area contributed by atoms with E-state index in [0.29, 0.717) is 4.83 Å². The van der Waals surface area contributed by atoms with Crippen LogP contribution in [0.3, 0.4) is 0 Å². The molecule has 3 heteroatoms. The summed E-state index contributed by atoms with van der Waals surface area (Å²) in [6.45, 7) is 4.75. The smallest absolute Gasteiger partial charge is 0.0587 e. The van der Waals surface area contributed by atoms with Gasteiger partial charge in [0, 0.05) is 25.2 Å². The second-order valence-electron chi connectivity index (χ2n) is 3.16. The molecule has 0 aliphatic rings. The monoisotopic (exact) mass is 252 g/mol. The fourth-order valence-corrected chi connectivity index (χ4v) is 1.61. The number of unbranched alkanes of at least 4 members (excludes halogenated alkanes) is 1. The highest BCUT2D eigenvalue weighted by atomic mass is 79.9. The van der Waals surface area contributed by atoms with Crippen molar-refractivity contribution >= 4 is 15.9 Å². The van der Waals surface area contributed by atoms with Gasteiger partial charge in [-0.1, -0.05) is 29.3 Å². The molecule has 0 aromatic heterocycles. The van der Waals surface area contributed by atoms with Crippen LogP contribution in [0, 0.1) is 0 Å². The predicted molar refractivity (Wildman–Crippen MR) is 59.6 cm³/mol. The van der Waals surface area contributed by atoms with Crippen LogP contribution in [0.25, 0.3) is 0 Å². The molecule has 0 fully saturated rings. The third-order valence-electron chi connectivity index (χ3n) is 1.80. The molecule has 0 aromatic rings. The standard InChI is InChI=1S/C10H21BrO2/c1-3-4-7-13-8-5-6-10(11)9-12-2/h10H,3-9H2,1-2H3. The first-order valence-electron chi connectivity index (χ1n) is 5.02. The first-order chi connectivity index (χ1) is 6.31. The molecule has 0 aromatic carbocycles. The molecule has 1 unspecified atom stereocenters. The van der Waals surface area contributed by atoms with E-state index in [1.165, 1.54) is 12.8 Å². The van der Waals surface area contributed by atoms with Gasteiger partial charge in [-0.3, -0.25) is 0 Å². The predicted octanol–water partition coefficient (Wildman–Crippen LogP) is 2.99. The average Bonchev–Trinajstić information content (AvgIpc) is 2.11. The molecule has 2 nitrogen and oxygen atoms in total. The van der Waals surface area contributed by atoms with Gasteiger partial charge >= 0.3 is 0 Å². The van der Waals surface area contributed by atoms with E-state index in [2.05, 4.69) is 22.9 Å². The summed E-state index contributed by atoms with van der Waals surface area (Å²) in [5.41, 5.74) is 0. The van der Waals surface area contributed by atoms with E-state index in [1.54, 1.807) is 7.11 Å². The SMILES string of the molecule is CCCCOCCCC(Br)COC. The van der Waals surface area contributed by atoms with Crippen LogP contribution >= 0.6 is 15.9 Å². The van der Waals surface area contributed by atoms with Gasteiger partial charge in [0.25, 0.3) is 0 Å². The molecule has 0 N–H and O–H groups in total. The first kappa shape index (κ1) is 13.4. The van der Waals surface area contributed by atoms with Crippen molar-refractivity contribution in [2.24, 2.45) is 0 Å². The van der Waals surface area contributed by atoms with E-state index < -0.39 is 0 Å². The Balaban J connectivity index is 2.97. The largest absolute Gasteiger partial charge is 0.384 e. The van der Waals surface area contributed by atoms with Gasteiger partial charge in [-0.25, -0.2) is 0 Å². The van der Waals surface area contributed by atoms with Crippen molar-refractivity contribution in [3.8, 4) is 0 Å². The van der Waals surface area contributed by atoms with Crippen LogP contribution in [-0.2, 0) is 9.47 Å². The highest BCUT2D eigenvalue weighted by Crippen LogP contribution is 2.08. The molecule has 0 amide bonds. The van der Waals surface area contributed by atoms with Gasteiger partial charge in [-0.05, 0) is 19.3 Å². The molecule has 0 radical (unpaired) electrons. The molecule has 0 rings (SSSR count). The zero-order chi connectivity index (χ0) is 9.94. The highest BCUT2D eigenvalue weighted by molar-refractivity contribution is 9.09. The summed E-state index contributed by atoms with van der Waals surface area (Å²) < 4.78 is 10.5. The lowest BCUT2D eigenvalue weighted by Gasteiger charge is -2.08. The number of alkyl halides is 1. The van der Waals surface area contributed by atoms with Gasteiger partial charge in [0.1, 0.15) is 0 Å². The average molecular weight is 253 g/mol. The van der Waals surface area contributed by atoms with Crippen molar-refractivity contribution < 1.29 is 9.47 Å². The molecule has 0 aliphatic carbocycles. The lowest BCUT2D eigenvalue weighted by molar-refractivity contribution is 0.124. The third kappa shape index (κ3) is 10.3. The number of ether oxygens (including phenoxy) is 2. The van der Waals surface area contributed by atoms with Crippen LogP contribution in [0.15, 0.2) is 0 Å². The van der Waals surface area contributed by atoms with E-state index in [1.807, 2.05) is 0 Å². The Kier molecular flexibility index (Phi) is 10.8. The summed E-state index contributed by atoms with van der Waals surface area (Å²) in [6, 6.07) is 0. The van der Waals surface area contributed by atoms with Gasteiger partial charge in [0.05, 0.1) is 6.61 Å². The molecular formula is C10H21BrO2. The summed E-state index contributed by atoms with van der Waals surface area (Å²) in [5.74, 6) is 0. The minimum Gasteiger partial charge on any atom is -0.384 e.